The number of likely N-dealkylation sites (tertiary alicyclic amines) is 2. The normalized spacial score (nSPS) is 18.6. The molecule has 8 aromatic carbocycles. The first-order chi connectivity index (χ1) is 53.3. The van der Waals surface area contributed by atoms with Crippen LogP contribution in [0.25, 0.3) is 21.8 Å². The number of hydrogen-bond donors (Lipinski definition) is 2. The van der Waals surface area contributed by atoms with Gasteiger partial charge in [-0.15, -0.1) is 0 Å². The molecule has 0 bridgehead atoms. The molecule has 112 heavy (non-hydrogen) atoms. The van der Waals surface area contributed by atoms with Crippen molar-refractivity contribution in [1.29, 1.82) is 0 Å². The van der Waals surface area contributed by atoms with Gasteiger partial charge in [0.15, 0.2) is 11.6 Å². The van der Waals surface area contributed by atoms with E-state index in [9.17, 15) is 27.2 Å². The van der Waals surface area contributed by atoms with E-state index in [1.165, 1.54) is 34.1 Å². The minimum absolute atomic E-state index is 0.155. The van der Waals surface area contributed by atoms with Crippen LogP contribution >= 0.6 is 0 Å². The van der Waals surface area contributed by atoms with Gasteiger partial charge in [-0.2, -0.15) is 0 Å². The number of carbonyl (C=O) groups is 2. The fourth-order valence-electron chi connectivity index (χ4n) is 17.6. The topological polar surface area (TPSA) is 97.1 Å². The molecule has 10 aromatic rings. The number of hydrogen-bond acceptors (Lipinski definition) is 8. The molecule has 0 radical (unpaired) electrons. The highest BCUT2D eigenvalue weighted by Crippen LogP contribution is 2.48. The zero-order valence-electron chi connectivity index (χ0n) is 64.1. The van der Waals surface area contributed by atoms with Gasteiger partial charge in [0.25, 0.3) is 28.5 Å². The molecule has 0 saturated carbocycles. The standard InChI is InChI=1S/2C44H47F6N3O2Si/c2*1-28-20-35-34-17-16-31(46)23-38(34)51-40(35)41(39-36(47)21-29(22-37(39)48)42(54)30-24-52(25-30)19-11-18-45)53(28)26-44(49,50)27-55-56(43(2,3)4,32-12-7-5-8-13-32)33-14-9-6-10-15-33/h2*5-10,12-17,21-23,28,30,41,51H,11,18-20,24-27H2,1-4H3/t2*28-,41-/m10/s1. The van der Waals surface area contributed by atoms with Crippen LogP contribution in [0.5, 0.6) is 0 Å². The molecule has 0 aliphatic carbocycles. The molecule has 10 nitrogen and oxygen atoms in total. The quantitative estimate of drug-likeness (QED) is 0.0314. The summed E-state index contributed by atoms with van der Waals surface area (Å²) in [6.45, 7) is 13.2. The third kappa shape index (κ3) is 16.2. The lowest BCUT2D eigenvalue weighted by Gasteiger charge is -2.45. The Morgan fingerprint density at radius 2 is 0.750 bits per heavy atom. The second-order valence-corrected chi connectivity index (χ2v) is 41.3. The Morgan fingerprint density at radius 3 is 1.04 bits per heavy atom. The SMILES string of the molecule is C[C@@H]1Cc2c([nH]c3cc(F)ccc23)[C@@H](c2c(F)cc(C(=O)C3CN(CCCF)C3)cc2F)N1CC(F)(F)CO[Si](c1ccccc1)(c1ccccc1)C(C)(C)C.C[C@H]1Cc2c([nH]c3cc(F)ccc23)[C@H](c2c(F)cc(C(=O)C3CN(CCCF)C3)cc2F)N1CC(F)(F)CO[Si](c1ccccc1)(c1ccccc1)C(C)(C)C. The number of aromatic nitrogens is 2. The fourth-order valence-corrected chi connectivity index (χ4v) is 26.8. The summed E-state index contributed by atoms with van der Waals surface area (Å²) in [5, 5.41) is 3.47. The van der Waals surface area contributed by atoms with Crippen molar-refractivity contribution in [3.8, 4) is 0 Å². The monoisotopic (exact) mass is 1580 g/mol. The van der Waals surface area contributed by atoms with Crippen LogP contribution in [0.2, 0.25) is 10.1 Å². The van der Waals surface area contributed by atoms with Crippen molar-refractivity contribution in [2.75, 3.05) is 78.9 Å². The number of Topliss-reactive ketones (excluding diaryl/α,β-unsaturated/α-hetero) is 2. The summed E-state index contributed by atoms with van der Waals surface area (Å²) >= 11 is 0. The lowest BCUT2D eigenvalue weighted by Crippen LogP contribution is -2.67. The van der Waals surface area contributed by atoms with E-state index in [1.54, 1.807) is 26.0 Å². The first kappa shape index (κ1) is 81.5. The molecule has 14 rings (SSSR count). The fraction of sp³-hybridized carbons (Fsp3) is 0.386. The number of carbonyl (C=O) groups excluding carboxylic acids is 2. The first-order valence-electron chi connectivity index (χ1n) is 38.3. The highest BCUT2D eigenvalue weighted by atomic mass is 28.4. The molecule has 0 spiro atoms. The molecular formula is C88H94F12N6O4Si2. The number of alkyl halides is 6. The number of halogens is 12. The molecule has 2 saturated heterocycles. The van der Waals surface area contributed by atoms with Gasteiger partial charge >= 0.3 is 0 Å². The van der Waals surface area contributed by atoms with E-state index in [4.69, 9.17) is 8.85 Å². The summed E-state index contributed by atoms with van der Waals surface area (Å²) in [5.41, 5.74) is 1.36. The zero-order chi connectivity index (χ0) is 80.0. The molecular weight excluding hydrogens is 1490 g/mol. The van der Waals surface area contributed by atoms with Crippen LogP contribution < -0.4 is 20.7 Å². The Balaban J connectivity index is 0.000000196. The highest BCUT2D eigenvalue weighted by Gasteiger charge is 2.55. The van der Waals surface area contributed by atoms with Gasteiger partial charge < -0.3 is 28.6 Å². The zero-order valence-corrected chi connectivity index (χ0v) is 66.1. The van der Waals surface area contributed by atoms with Gasteiger partial charge in [0.1, 0.15) is 34.9 Å². The van der Waals surface area contributed by atoms with Crippen molar-refractivity contribution < 1.29 is 71.1 Å². The maximum atomic E-state index is 16.8. The Hall–Kier alpha value is -8.47. The Labute approximate surface area is 647 Å². The molecule has 0 amide bonds. The van der Waals surface area contributed by atoms with Gasteiger partial charge in [0, 0.05) is 119 Å². The lowest BCUT2D eigenvalue weighted by molar-refractivity contribution is -0.0827. The van der Waals surface area contributed by atoms with Crippen molar-refractivity contribution in [2.45, 2.75) is 127 Å². The van der Waals surface area contributed by atoms with Crippen molar-refractivity contribution >= 4 is 70.8 Å². The number of ketones is 2. The Morgan fingerprint density at radius 1 is 0.446 bits per heavy atom. The van der Waals surface area contributed by atoms with Gasteiger partial charge in [-0.3, -0.25) is 28.2 Å². The molecule has 4 atom stereocenters. The molecule has 4 aliphatic rings. The van der Waals surface area contributed by atoms with Crippen LogP contribution in [0.3, 0.4) is 0 Å². The predicted octanol–water partition coefficient (Wildman–Crippen LogP) is 17.2. The van der Waals surface area contributed by atoms with Crippen molar-refractivity contribution in [3.05, 3.63) is 262 Å². The molecule has 24 heteroatoms. The molecule has 592 valence electrons. The minimum atomic E-state index is -3.50. The van der Waals surface area contributed by atoms with Gasteiger partial charge in [0.2, 0.25) is 0 Å². The van der Waals surface area contributed by atoms with E-state index in [0.29, 0.717) is 85.0 Å². The predicted molar refractivity (Wildman–Crippen MR) is 419 cm³/mol. The van der Waals surface area contributed by atoms with Gasteiger partial charge in [0.05, 0.1) is 51.7 Å². The van der Waals surface area contributed by atoms with Gasteiger partial charge in [-0.1, -0.05) is 163 Å². The third-order valence-electron chi connectivity index (χ3n) is 23.0. The number of fused-ring (bicyclic) bond motifs is 6. The summed E-state index contributed by atoms with van der Waals surface area (Å²) in [4.78, 5) is 39.5. The van der Waals surface area contributed by atoms with E-state index >= 15 is 35.1 Å². The molecule has 4 aliphatic heterocycles. The molecule has 2 aromatic heterocycles. The number of H-pyrrole nitrogens is 2. The molecule has 2 fully saturated rings. The van der Waals surface area contributed by atoms with Crippen LogP contribution in [0.15, 0.2) is 182 Å². The van der Waals surface area contributed by atoms with E-state index in [2.05, 4.69) is 9.97 Å². The Bertz CT molecular complexity index is 4560. The highest BCUT2D eigenvalue weighted by molar-refractivity contribution is 7.00. The number of nitrogens with one attached hydrogen (secondary N) is 2. The minimum Gasteiger partial charge on any atom is -0.401 e. The smallest absolute Gasteiger partial charge is 0.282 e. The van der Waals surface area contributed by atoms with Crippen LogP contribution in [0.1, 0.15) is 135 Å². The Kier molecular flexibility index (Phi) is 23.9. The van der Waals surface area contributed by atoms with E-state index in [1.807, 2.05) is 173 Å². The largest absolute Gasteiger partial charge is 0.401 e. The number of nitrogens with zero attached hydrogens (tertiary/aromatic N) is 4. The summed E-state index contributed by atoms with van der Waals surface area (Å²) in [7, 11) is -6.75. The maximum absolute atomic E-state index is 16.8. The third-order valence-corrected chi connectivity index (χ3v) is 32.9. The molecule has 6 heterocycles. The average Bonchev–Trinajstić information content (AvgIpc) is 1.22. The summed E-state index contributed by atoms with van der Waals surface area (Å²) in [6, 6.07) is 46.0. The van der Waals surface area contributed by atoms with Crippen molar-refractivity contribution in [3.63, 3.8) is 0 Å². The van der Waals surface area contributed by atoms with Crippen LogP contribution in [0, 0.1) is 46.7 Å². The van der Waals surface area contributed by atoms with Crippen LogP contribution in [-0.4, -0.2) is 161 Å². The molecule has 2 N–H and O–H groups in total. The van der Waals surface area contributed by atoms with Crippen molar-refractivity contribution in [2.24, 2.45) is 11.8 Å². The second-order valence-electron chi connectivity index (χ2n) is 32.7. The van der Waals surface area contributed by atoms with Gasteiger partial charge in [-0.25, -0.2) is 43.9 Å². The van der Waals surface area contributed by atoms with E-state index < -0.39 is 172 Å². The maximum Gasteiger partial charge on any atom is 0.282 e. The van der Waals surface area contributed by atoms with Crippen molar-refractivity contribution in [1.82, 2.24) is 29.6 Å². The van der Waals surface area contributed by atoms with Crippen LogP contribution in [-0.2, 0) is 21.7 Å². The molecule has 0 unspecified atom stereocenters. The van der Waals surface area contributed by atoms with E-state index in [0.717, 1.165) is 45.0 Å². The number of benzene rings is 8. The summed E-state index contributed by atoms with van der Waals surface area (Å²) < 4.78 is 201. The summed E-state index contributed by atoms with van der Waals surface area (Å²) in [6.07, 6.45) is 1.18. The second kappa shape index (κ2) is 32.8. The van der Waals surface area contributed by atoms with Crippen LogP contribution in [0.4, 0.5) is 52.7 Å². The average molecular weight is 1580 g/mol. The summed E-state index contributed by atoms with van der Waals surface area (Å²) in [5.74, 6) is -14.1. The number of rotatable bonds is 26. The van der Waals surface area contributed by atoms with Gasteiger partial charge in [-0.05, 0) is 142 Å². The van der Waals surface area contributed by atoms with E-state index in [-0.39, 0.29) is 35.4 Å². The first-order valence-corrected chi connectivity index (χ1v) is 42.1. The lowest BCUT2D eigenvalue weighted by atomic mass is 9.86. The number of aromatic amines is 2.